The molecule has 0 saturated heterocycles. The zero-order valence-electron chi connectivity index (χ0n) is 7.44. The van der Waals surface area contributed by atoms with Gasteiger partial charge in [-0.25, -0.2) is 0 Å². The zero-order valence-corrected chi connectivity index (χ0v) is 9.02. The van der Waals surface area contributed by atoms with Gasteiger partial charge in [0, 0.05) is 16.6 Å². The molecule has 0 aromatic heterocycles. The SMILES string of the molecule is NCc1ccc(Br)c(N)c1OC(F)(F)F. The molecule has 1 rings (SSSR count). The maximum atomic E-state index is 12.0. The number of hydrogen-bond acceptors (Lipinski definition) is 3. The Morgan fingerprint density at radius 3 is 2.40 bits per heavy atom. The summed E-state index contributed by atoms with van der Waals surface area (Å²) in [6.45, 7) is -0.0805. The Bertz CT molecular complexity index is 368. The third kappa shape index (κ3) is 3.00. The number of nitrogen functional groups attached to an aromatic ring is 1. The number of hydrogen-bond donors (Lipinski definition) is 2. The summed E-state index contributed by atoms with van der Waals surface area (Å²) in [6.07, 6.45) is -4.78. The Hall–Kier alpha value is -0.950. The van der Waals surface area contributed by atoms with E-state index in [1.165, 1.54) is 12.1 Å². The van der Waals surface area contributed by atoms with E-state index >= 15 is 0 Å². The molecule has 84 valence electrons. The number of nitrogens with two attached hydrogens (primary N) is 2. The molecule has 1 aromatic carbocycles. The first-order valence-electron chi connectivity index (χ1n) is 3.88. The van der Waals surface area contributed by atoms with Gasteiger partial charge >= 0.3 is 6.36 Å². The van der Waals surface area contributed by atoms with Crippen LogP contribution in [0.3, 0.4) is 0 Å². The van der Waals surface area contributed by atoms with E-state index in [0.717, 1.165) is 0 Å². The topological polar surface area (TPSA) is 61.3 Å². The van der Waals surface area contributed by atoms with Crippen LogP contribution in [0, 0.1) is 0 Å². The van der Waals surface area contributed by atoms with Crippen molar-refractivity contribution in [2.45, 2.75) is 12.9 Å². The van der Waals surface area contributed by atoms with Crippen LogP contribution < -0.4 is 16.2 Å². The molecular formula is C8H8BrF3N2O. The average Bonchev–Trinajstić information content (AvgIpc) is 2.11. The van der Waals surface area contributed by atoms with Crippen LogP contribution in [0.4, 0.5) is 18.9 Å². The number of ether oxygens (including phenoxy) is 1. The Balaban J connectivity index is 3.18. The molecule has 0 radical (unpaired) electrons. The van der Waals surface area contributed by atoms with Crippen molar-refractivity contribution < 1.29 is 17.9 Å². The molecule has 0 fully saturated rings. The van der Waals surface area contributed by atoms with Crippen LogP contribution in [0.25, 0.3) is 0 Å². The molecule has 0 amide bonds. The lowest BCUT2D eigenvalue weighted by atomic mass is 10.2. The number of rotatable bonds is 2. The predicted octanol–water partition coefficient (Wildman–Crippen LogP) is 2.39. The van der Waals surface area contributed by atoms with Crippen molar-refractivity contribution in [1.82, 2.24) is 0 Å². The highest BCUT2D eigenvalue weighted by molar-refractivity contribution is 9.10. The van der Waals surface area contributed by atoms with Gasteiger partial charge in [-0.15, -0.1) is 13.2 Å². The monoisotopic (exact) mass is 284 g/mol. The van der Waals surface area contributed by atoms with E-state index in [1.807, 2.05) is 0 Å². The second kappa shape index (κ2) is 4.28. The molecule has 0 heterocycles. The van der Waals surface area contributed by atoms with E-state index < -0.39 is 12.1 Å². The Morgan fingerprint density at radius 1 is 1.33 bits per heavy atom. The van der Waals surface area contributed by atoms with Crippen molar-refractivity contribution in [3.05, 3.63) is 22.2 Å². The summed E-state index contributed by atoms with van der Waals surface area (Å²) in [5, 5.41) is 0. The summed E-state index contributed by atoms with van der Waals surface area (Å²) in [5.41, 5.74) is 10.8. The standard InChI is InChI=1S/C8H8BrF3N2O/c9-5-2-1-4(3-13)7(6(5)14)15-8(10,11)12/h1-2H,3,13-14H2. The van der Waals surface area contributed by atoms with Gasteiger partial charge in [-0.05, 0) is 22.0 Å². The molecule has 0 atom stereocenters. The van der Waals surface area contributed by atoms with Crippen LogP contribution in [-0.2, 0) is 6.54 Å². The molecule has 0 bridgehead atoms. The van der Waals surface area contributed by atoms with Crippen LogP contribution in [0.2, 0.25) is 0 Å². The third-order valence-electron chi connectivity index (χ3n) is 1.66. The summed E-state index contributed by atoms with van der Waals surface area (Å²) < 4.78 is 40.2. The van der Waals surface area contributed by atoms with Crippen molar-refractivity contribution in [2.24, 2.45) is 5.73 Å². The number of benzene rings is 1. The lowest BCUT2D eigenvalue weighted by Crippen LogP contribution is -2.19. The minimum atomic E-state index is -4.78. The molecule has 0 aliphatic rings. The molecule has 4 N–H and O–H groups in total. The van der Waals surface area contributed by atoms with Crippen molar-refractivity contribution in [3.8, 4) is 5.75 Å². The van der Waals surface area contributed by atoms with Gasteiger partial charge in [0.25, 0.3) is 0 Å². The van der Waals surface area contributed by atoms with Gasteiger partial charge < -0.3 is 16.2 Å². The lowest BCUT2D eigenvalue weighted by Gasteiger charge is -2.15. The number of alkyl halides is 3. The van der Waals surface area contributed by atoms with Crippen LogP contribution in [-0.4, -0.2) is 6.36 Å². The molecular weight excluding hydrogens is 277 g/mol. The molecule has 0 spiro atoms. The molecule has 0 aliphatic heterocycles. The van der Waals surface area contributed by atoms with Crippen molar-refractivity contribution >= 4 is 21.6 Å². The largest absolute Gasteiger partial charge is 0.573 e. The van der Waals surface area contributed by atoms with E-state index in [0.29, 0.717) is 4.47 Å². The fourth-order valence-corrected chi connectivity index (χ4v) is 1.33. The molecule has 0 unspecified atom stereocenters. The summed E-state index contributed by atoms with van der Waals surface area (Å²) in [7, 11) is 0. The highest BCUT2D eigenvalue weighted by Gasteiger charge is 2.33. The molecule has 3 nitrogen and oxygen atoms in total. The lowest BCUT2D eigenvalue weighted by molar-refractivity contribution is -0.274. The highest BCUT2D eigenvalue weighted by Crippen LogP contribution is 2.36. The van der Waals surface area contributed by atoms with Crippen LogP contribution in [0.1, 0.15) is 5.56 Å². The van der Waals surface area contributed by atoms with Gasteiger partial charge in [-0.2, -0.15) is 0 Å². The van der Waals surface area contributed by atoms with E-state index in [2.05, 4.69) is 20.7 Å². The number of anilines is 1. The van der Waals surface area contributed by atoms with Gasteiger partial charge in [-0.1, -0.05) is 6.07 Å². The fourth-order valence-electron chi connectivity index (χ4n) is 1.02. The maximum Gasteiger partial charge on any atom is 0.573 e. The second-order valence-corrected chi connectivity index (χ2v) is 3.56. The molecule has 15 heavy (non-hydrogen) atoms. The Labute approximate surface area is 92.3 Å². The summed E-state index contributed by atoms with van der Waals surface area (Å²) in [5.74, 6) is -0.445. The van der Waals surface area contributed by atoms with Crippen molar-refractivity contribution in [1.29, 1.82) is 0 Å². The van der Waals surface area contributed by atoms with E-state index in [1.54, 1.807) is 0 Å². The van der Waals surface area contributed by atoms with Crippen LogP contribution in [0.5, 0.6) is 5.75 Å². The summed E-state index contributed by atoms with van der Waals surface area (Å²) >= 11 is 3.00. The molecule has 0 saturated carbocycles. The minimum absolute atomic E-state index is 0.0805. The molecule has 1 aromatic rings. The van der Waals surface area contributed by atoms with E-state index in [-0.39, 0.29) is 17.8 Å². The second-order valence-electron chi connectivity index (χ2n) is 2.70. The smallest absolute Gasteiger partial charge is 0.403 e. The Kier molecular flexibility index (Phi) is 3.46. The molecule has 7 heteroatoms. The van der Waals surface area contributed by atoms with Crippen LogP contribution in [0.15, 0.2) is 16.6 Å². The zero-order chi connectivity index (χ0) is 11.6. The van der Waals surface area contributed by atoms with Crippen LogP contribution >= 0.6 is 15.9 Å². The third-order valence-corrected chi connectivity index (χ3v) is 2.35. The fraction of sp³-hybridized carbons (Fsp3) is 0.250. The maximum absolute atomic E-state index is 12.0. The minimum Gasteiger partial charge on any atom is -0.403 e. The predicted molar refractivity (Wildman–Crippen MR) is 53.1 cm³/mol. The number of halogens is 4. The first kappa shape index (κ1) is 12.1. The summed E-state index contributed by atoms with van der Waals surface area (Å²) in [4.78, 5) is 0. The van der Waals surface area contributed by atoms with E-state index in [9.17, 15) is 13.2 Å². The average molecular weight is 285 g/mol. The first-order chi connectivity index (χ1) is 6.85. The molecule has 0 aliphatic carbocycles. The van der Waals surface area contributed by atoms with Gasteiger partial charge in [0.15, 0.2) is 5.75 Å². The van der Waals surface area contributed by atoms with Crippen molar-refractivity contribution in [2.75, 3.05) is 5.73 Å². The summed E-state index contributed by atoms with van der Waals surface area (Å²) in [6, 6.07) is 2.93. The Morgan fingerprint density at radius 2 is 1.93 bits per heavy atom. The normalized spacial score (nSPS) is 11.5. The van der Waals surface area contributed by atoms with E-state index in [4.69, 9.17) is 11.5 Å². The quantitative estimate of drug-likeness (QED) is 0.820. The van der Waals surface area contributed by atoms with Gasteiger partial charge in [0.2, 0.25) is 0 Å². The van der Waals surface area contributed by atoms with Crippen molar-refractivity contribution in [3.63, 3.8) is 0 Å². The van der Waals surface area contributed by atoms with Gasteiger partial charge in [0.05, 0.1) is 5.69 Å². The first-order valence-corrected chi connectivity index (χ1v) is 4.67. The van der Waals surface area contributed by atoms with Gasteiger partial charge in [-0.3, -0.25) is 0 Å². The highest BCUT2D eigenvalue weighted by atomic mass is 79.9. The van der Waals surface area contributed by atoms with Gasteiger partial charge in [0.1, 0.15) is 0 Å².